The van der Waals surface area contributed by atoms with Crippen LogP contribution in [0, 0.1) is 0 Å². The third-order valence-electron chi connectivity index (χ3n) is 0. The Hall–Kier alpha value is 1.33. The van der Waals surface area contributed by atoms with E-state index in [0.29, 0.717) is 0 Å². The molecule has 0 bridgehead atoms. The summed E-state index contributed by atoms with van der Waals surface area (Å²) in [6.07, 6.45) is 0. The van der Waals surface area contributed by atoms with Gasteiger partial charge in [0.25, 0.3) is 0 Å². The fourth-order valence-corrected chi connectivity index (χ4v) is 0. The van der Waals surface area contributed by atoms with Crippen LogP contribution in [0.5, 0.6) is 0 Å². The summed E-state index contributed by atoms with van der Waals surface area (Å²) >= 11 is -3.61. The molecule has 2 N–H and O–H groups in total. The van der Waals surface area contributed by atoms with Gasteiger partial charge in [0, 0.05) is 0 Å². The van der Waals surface area contributed by atoms with Crippen LogP contribution in [-0.4, -0.2) is 51.7 Å². The van der Waals surface area contributed by atoms with Crippen LogP contribution in [0.4, 0.5) is 0 Å². The van der Waals surface area contributed by atoms with Gasteiger partial charge in [-0.2, -0.15) is 0 Å². The van der Waals surface area contributed by atoms with Gasteiger partial charge in [-0.1, -0.05) is 0 Å². The molecular weight excluding hydrogens is 297 g/mol. The van der Waals surface area contributed by atoms with Gasteiger partial charge in [-0.25, -0.2) is 0 Å². The van der Waals surface area contributed by atoms with E-state index in [1.54, 1.807) is 0 Å². The summed E-state index contributed by atoms with van der Waals surface area (Å²) in [5.41, 5.74) is 0. The zero-order chi connectivity index (χ0) is 3.58. The minimum absolute atomic E-state index is 0. The molecule has 5 heteroatoms. The molecule has 0 amide bonds. The van der Waals surface area contributed by atoms with Gasteiger partial charge >= 0.3 is 54.8 Å². The van der Waals surface area contributed by atoms with E-state index in [2.05, 4.69) is 0 Å². The molecular formula is H5O3SbTe. The van der Waals surface area contributed by atoms with Crippen molar-refractivity contribution < 1.29 is 10.0 Å². The van der Waals surface area contributed by atoms with Crippen LogP contribution >= 0.6 is 0 Å². The molecule has 0 radical (unpaired) electrons. The second kappa shape index (κ2) is 5.33. The molecule has 0 spiro atoms. The van der Waals surface area contributed by atoms with Crippen LogP contribution in [0.15, 0.2) is 0 Å². The SMILES string of the molecule is O=[Te](O)O.[SbH3]. The van der Waals surface area contributed by atoms with Gasteiger partial charge in [0.1, 0.15) is 0 Å². The van der Waals surface area contributed by atoms with Gasteiger partial charge in [-0.15, -0.1) is 0 Å². The summed E-state index contributed by atoms with van der Waals surface area (Å²) in [7, 11) is 0. The molecule has 0 aromatic carbocycles. The predicted octanol–water partition coefficient (Wildman–Crippen LogP) is -2.80. The number of hydrogen-bond donors (Lipinski definition) is 2. The summed E-state index contributed by atoms with van der Waals surface area (Å²) in [5.74, 6) is 0. The van der Waals surface area contributed by atoms with E-state index in [0.717, 1.165) is 0 Å². The van der Waals surface area contributed by atoms with Crippen molar-refractivity contribution in [3.63, 3.8) is 0 Å². The second-order valence-electron chi connectivity index (χ2n) is 0.231. The van der Waals surface area contributed by atoms with E-state index < -0.39 is 20.4 Å². The fraction of sp³-hybridized carbons (Fsp3) is 0. The van der Waals surface area contributed by atoms with Crippen molar-refractivity contribution in [1.82, 2.24) is 0 Å². The average molecular weight is 302 g/mol. The maximum atomic E-state index is 8.81. The quantitative estimate of drug-likeness (QED) is 0.476. The van der Waals surface area contributed by atoms with Gasteiger partial charge in [-0.3, -0.25) is 0 Å². The summed E-state index contributed by atoms with van der Waals surface area (Å²) in [6.45, 7) is 0. The Balaban J connectivity index is 0. The van der Waals surface area contributed by atoms with Crippen molar-refractivity contribution in [3.8, 4) is 0 Å². The van der Waals surface area contributed by atoms with Gasteiger partial charge < -0.3 is 0 Å². The van der Waals surface area contributed by atoms with Crippen LogP contribution in [0.1, 0.15) is 0 Å². The van der Waals surface area contributed by atoms with E-state index >= 15 is 0 Å². The third kappa shape index (κ3) is 33.5. The predicted molar refractivity (Wildman–Crippen MR) is 20.8 cm³/mol. The summed E-state index contributed by atoms with van der Waals surface area (Å²) in [4.78, 5) is 0. The molecule has 0 aromatic heterocycles. The van der Waals surface area contributed by atoms with Crippen LogP contribution in [-0.2, 0) is 3.10 Å². The van der Waals surface area contributed by atoms with Gasteiger partial charge in [-0.05, 0) is 0 Å². The second-order valence-corrected chi connectivity index (χ2v) is 1.55. The molecule has 5 heavy (non-hydrogen) atoms. The molecule has 0 unspecified atom stereocenters. The van der Waals surface area contributed by atoms with E-state index in [-0.39, 0.29) is 24.4 Å². The first-order valence-electron chi connectivity index (χ1n) is 0.532. The summed E-state index contributed by atoms with van der Waals surface area (Å²) in [5, 5.41) is 0. The molecule has 0 rings (SSSR count). The Bertz CT molecular complexity index is 29.9. The molecule has 0 fully saturated rings. The van der Waals surface area contributed by atoms with E-state index in [1.807, 2.05) is 0 Å². The van der Waals surface area contributed by atoms with Crippen molar-refractivity contribution in [3.05, 3.63) is 0 Å². The van der Waals surface area contributed by atoms with Crippen molar-refractivity contribution in [2.75, 3.05) is 0 Å². The Kier molecular flexibility index (Phi) is 10.2. The first-order valence-corrected chi connectivity index (χ1v) is 3.57. The number of hydrogen-bond acceptors (Lipinski definition) is 1. The Morgan fingerprint density at radius 1 is 1.40 bits per heavy atom. The average Bonchev–Trinajstić information content (AvgIpc) is 0.811. The molecule has 34 valence electrons. The minimum atomic E-state index is -3.61. The molecule has 0 heterocycles. The van der Waals surface area contributed by atoms with Crippen LogP contribution < -0.4 is 0 Å². The topological polar surface area (TPSA) is 57.5 Å². The van der Waals surface area contributed by atoms with E-state index in [4.69, 9.17) is 10.0 Å². The molecule has 0 saturated heterocycles. The van der Waals surface area contributed by atoms with Gasteiger partial charge in [0.2, 0.25) is 0 Å². The standard InChI is InChI=1S/H2O3Te.Sb.3H/c1-4(2)3;;;;/h(H2,1,2,3);;;;. The Labute approximate surface area is 54.5 Å². The zero-order valence-electron chi connectivity index (χ0n) is 2.42. The Morgan fingerprint density at radius 3 is 1.40 bits per heavy atom. The van der Waals surface area contributed by atoms with Crippen molar-refractivity contribution in [2.45, 2.75) is 0 Å². The van der Waals surface area contributed by atoms with Crippen LogP contribution in [0.3, 0.4) is 0 Å². The normalized spacial score (nSPS) is 7.00. The van der Waals surface area contributed by atoms with Crippen molar-refractivity contribution in [1.29, 1.82) is 0 Å². The Morgan fingerprint density at radius 2 is 1.40 bits per heavy atom. The molecule has 0 atom stereocenters. The third-order valence-corrected chi connectivity index (χ3v) is 0. The summed E-state index contributed by atoms with van der Waals surface area (Å²) < 4.78 is 23.3. The van der Waals surface area contributed by atoms with Crippen molar-refractivity contribution in [2.24, 2.45) is 0 Å². The first-order chi connectivity index (χ1) is 1.73. The van der Waals surface area contributed by atoms with E-state index in [1.165, 1.54) is 0 Å². The molecule has 3 nitrogen and oxygen atoms in total. The fourth-order valence-electron chi connectivity index (χ4n) is 0. The van der Waals surface area contributed by atoms with Gasteiger partial charge in [0.05, 0.1) is 0 Å². The number of rotatable bonds is 0. The van der Waals surface area contributed by atoms with Crippen LogP contribution in [0.25, 0.3) is 0 Å². The monoisotopic (exact) mass is 304 g/mol. The molecule has 0 saturated carbocycles. The molecule has 0 aliphatic heterocycles. The first kappa shape index (κ1) is 9.59. The molecule has 0 aliphatic carbocycles. The van der Waals surface area contributed by atoms with Gasteiger partial charge in [0.15, 0.2) is 0 Å². The maximum absolute atomic E-state index is 8.81. The van der Waals surface area contributed by atoms with E-state index in [9.17, 15) is 0 Å². The summed E-state index contributed by atoms with van der Waals surface area (Å²) in [6, 6.07) is 0. The molecule has 0 aliphatic rings. The molecule has 0 aromatic rings. The van der Waals surface area contributed by atoms with Crippen LogP contribution in [0.2, 0.25) is 0 Å². The zero-order valence-corrected chi connectivity index (χ0v) is 8.78. The van der Waals surface area contributed by atoms with Crippen molar-refractivity contribution >= 4 is 44.8 Å².